The Bertz CT molecular complexity index is 794. The summed E-state index contributed by atoms with van der Waals surface area (Å²) in [5.74, 6) is 0.517. The molecule has 2 N–H and O–H groups in total. The van der Waals surface area contributed by atoms with Gasteiger partial charge in [0.2, 0.25) is 0 Å². The van der Waals surface area contributed by atoms with E-state index >= 15 is 0 Å². The standard InChI is InChI=1S/C22H27BrN2O2S/c1-3-4-5-6-7-14-27-18-11-9-17(10-12-18)21(26)25-22(28)24-20-13-8-16(2)15-19(20)23/h8-13,15H,3-7,14H2,1-2H3,(H2,24,25,26,28). The quantitative estimate of drug-likeness (QED) is 0.342. The lowest BCUT2D eigenvalue weighted by molar-refractivity contribution is 0.0977. The number of halogens is 1. The van der Waals surface area contributed by atoms with Gasteiger partial charge in [0, 0.05) is 10.0 Å². The van der Waals surface area contributed by atoms with Crippen LogP contribution in [-0.4, -0.2) is 17.6 Å². The van der Waals surface area contributed by atoms with E-state index in [9.17, 15) is 4.79 Å². The number of amides is 1. The van der Waals surface area contributed by atoms with Crippen molar-refractivity contribution in [2.75, 3.05) is 11.9 Å². The fourth-order valence-electron chi connectivity index (χ4n) is 2.65. The minimum atomic E-state index is -0.258. The van der Waals surface area contributed by atoms with Crippen LogP contribution in [0.25, 0.3) is 0 Å². The molecule has 4 nitrogen and oxygen atoms in total. The third-order valence-corrected chi connectivity index (χ3v) is 5.09. The molecule has 0 saturated heterocycles. The van der Waals surface area contributed by atoms with E-state index in [2.05, 4.69) is 33.5 Å². The summed E-state index contributed by atoms with van der Waals surface area (Å²) in [7, 11) is 0. The normalized spacial score (nSPS) is 10.4. The smallest absolute Gasteiger partial charge is 0.257 e. The minimum Gasteiger partial charge on any atom is -0.494 e. The Morgan fingerprint density at radius 1 is 1.07 bits per heavy atom. The van der Waals surface area contributed by atoms with E-state index in [-0.39, 0.29) is 11.0 Å². The number of ether oxygens (including phenoxy) is 1. The van der Waals surface area contributed by atoms with Crippen molar-refractivity contribution in [3.05, 3.63) is 58.1 Å². The maximum atomic E-state index is 12.4. The van der Waals surface area contributed by atoms with Crippen molar-refractivity contribution in [2.45, 2.75) is 46.0 Å². The Balaban J connectivity index is 1.79. The first-order valence-corrected chi connectivity index (χ1v) is 10.8. The Morgan fingerprint density at radius 3 is 2.46 bits per heavy atom. The molecule has 0 aliphatic carbocycles. The number of benzene rings is 2. The first kappa shape index (κ1) is 22.4. The van der Waals surface area contributed by atoms with Crippen LogP contribution in [0.1, 0.15) is 54.9 Å². The van der Waals surface area contributed by atoms with Gasteiger partial charge in [-0.05, 0) is 83.5 Å². The maximum absolute atomic E-state index is 12.4. The predicted octanol–water partition coefficient (Wildman–Crippen LogP) is 6.23. The number of nitrogens with one attached hydrogen (secondary N) is 2. The number of rotatable bonds is 9. The van der Waals surface area contributed by atoms with Gasteiger partial charge in [-0.3, -0.25) is 10.1 Å². The third kappa shape index (κ3) is 7.60. The maximum Gasteiger partial charge on any atom is 0.257 e. The lowest BCUT2D eigenvalue weighted by Gasteiger charge is -2.12. The molecule has 0 aliphatic heterocycles. The second-order valence-electron chi connectivity index (χ2n) is 6.68. The molecule has 2 aromatic rings. The van der Waals surface area contributed by atoms with Crippen LogP contribution in [0.2, 0.25) is 0 Å². The summed E-state index contributed by atoms with van der Waals surface area (Å²) in [6.45, 7) is 4.92. The highest BCUT2D eigenvalue weighted by Crippen LogP contribution is 2.23. The molecule has 2 rings (SSSR count). The number of unbranched alkanes of at least 4 members (excludes halogenated alkanes) is 4. The van der Waals surface area contributed by atoms with Crippen LogP contribution in [0.5, 0.6) is 5.75 Å². The summed E-state index contributed by atoms with van der Waals surface area (Å²) < 4.78 is 6.62. The molecule has 1 amide bonds. The van der Waals surface area contributed by atoms with Crippen molar-refractivity contribution in [3.8, 4) is 5.75 Å². The zero-order valence-corrected chi connectivity index (χ0v) is 18.8. The van der Waals surface area contributed by atoms with Crippen molar-refractivity contribution in [1.82, 2.24) is 5.32 Å². The molecule has 2 aromatic carbocycles. The van der Waals surface area contributed by atoms with E-state index in [4.69, 9.17) is 17.0 Å². The van der Waals surface area contributed by atoms with E-state index in [1.165, 1.54) is 25.7 Å². The molecule has 0 atom stereocenters. The molecule has 0 heterocycles. The van der Waals surface area contributed by atoms with E-state index in [1.54, 1.807) is 12.1 Å². The van der Waals surface area contributed by atoms with Crippen LogP contribution in [0.3, 0.4) is 0 Å². The van der Waals surface area contributed by atoms with Gasteiger partial charge in [-0.15, -0.1) is 0 Å². The molecule has 150 valence electrons. The topological polar surface area (TPSA) is 50.4 Å². The highest BCUT2D eigenvalue weighted by atomic mass is 79.9. The molecule has 0 saturated carbocycles. The average Bonchev–Trinajstić information content (AvgIpc) is 2.67. The number of hydrogen-bond donors (Lipinski definition) is 2. The molecular weight excluding hydrogens is 436 g/mol. The van der Waals surface area contributed by atoms with Crippen LogP contribution >= 0.6 is 28.1 Å². The Labute approximate surface area is 181 Å². The van der Waals surface area contributed by atoms with Gasteiger partial charge < -0.3 is 10.1 Å². The van der Waals surface area contributed by atoms with Crippen molar-refractivity contribution < 1.29 is 9.53 Å². The molecular formula is C22H27BrN2O2S. The number of thiocarbonyl (C=S) groups is 1. The van der Waals surface area contributed by atoms with Crippen LogP contribution in [-0.2, 0) is 0 Å². The Morgan fingerprint density at radius 2 is 1.79 bits per heavy atom. The van der Waals surface area contributed by atoms with Gasteiger partial charge in [0.25, 0.3) is 5.91 Å². The highest BCUT2D eigenvalue weighted by Gasteiger charge is 2.09. The van der Waals surface area contributed by atoms with Gasteiger partial charge >= 0.3 is 0 Å². The van der Waals surface area contributed by atoms with Crippen molar-refractivity contribution in [2.24, 2.45) is 0 Å². The summed E-state index contributed by atoms with van der Waals surface area (Å²) in [5, 5.41) is 5.98. The molecule has 0 fully saturated rings. The summed E-state index contributed by atoms with van der Waals surface area (Å²) in [6.07, 6.45) is 6.02. The SMILES string of the molecule is CCCCCCCOc1ccc(C(=O)NC(=S)Nc2ccc(C)cc2Br)cc1. The van der Waals surface area contributed by atoms with E-state index < -0.39 is 0 Å². The fraction of sp³-hybridized carbons (Fsp3) is 0.364. The van der Waals surface area contributed by atoms with Gasteiger partial charge in [-0.2, -0.15) is 0 Å². The van der Waals surface area contributed by atoms with Crippen molar-refractivity contribution in [1.29, 1.82) is 0 Å². The molecule has 28 heavy (non-hydrogen) atoms. The zero-order valence-electron chi connectivity index (χ0n) is 16.4. The first-order chi connectivity index (χ1) is 13.5. The zero-order chi connectivity index (χ0) is 20.4. The molecule has 0 aromatic heterocycles. The van der Waals surface area contributed by atoms with Crippen molar-refractivity contribution >= 4 is 44.9 Å². The van der Waals surface area contributed by atoms with Gasteiger partial charge in [-0.25, -0.2) is 0 Å². The highest BCUT2D eigenvalue weighted by molar-refractivity contribution is 9.10. The van der Waals surface area contributed by atoms with E-state index in [0.29, 0.717) is 12.2 Å². The van der Waals surface area contributed by atoms with E-state index in [0.717, 1.165) is 27.9 Å². The lowest BCUT2D eigenvalue weighted by Crippen LogP contribution is -2.34. The number of hydrogen-bond acceptors (Lipinski definition) is 3. The van der Waals surface area contributed by atoms with Gasteiger partial charge in [0.15, 0.2) is 5.11 Å². The molecule has 0 bridgehead atoms. The summed E-state index contributed by atoms with van der Waals surface area (Å²) >= 11 is 8.73. The third-order valence-electron chi connectivity index (χ3n) is 4.23. The average molecular weight is 463 g/mol. The molecule has 0 spiro atoms. The number of anilines is 1. The van der Waals surface area contributed by atoms with Crippen LogP contribution in [0.15, 0.2) is 46.9 Å². The van der Waals surface area contributed by atoms with E-state index in [1.807, 2.05) is 37.3 Å². The second-order valence-corrected chi connectivity index (χ2v) is 7.94. The summed E-state index contributed by atoms with van der Waals surface area (Å²) in [4.78, 5) is 12.4. The van der Waals surface area contributed by atoms with Crippen LogP contribution in [0.4, 0.5) is 5.69 Å². The summed E-state index contributed by atoms with van der Waals surface area (Å²) in [6, 6.07) is 13.0. The number of carbonyl (C=O) groups is 1. The Kier molecular flexibility index (Phi) is 9.44. The number of carbonyl (C=O) groups excluding carboxylic acids is 1. The van der Waals surface area contributed by atoms with Gasteiger partial charge in [0.1, 0.15) is 5.75 Å². The van der Waals surface area contributed by atoms with Crippen LogP contribution < -0.4 is 15.4 Å². The second kappa shape index (κ2) is 11.8. The van der Waals surface area contributed by atoms with Crippen LogP contribution in [0, 0.1) is 6.92 Å². The largest absolute Gasteiger partial charge is 0.494 e. The monoisotopic (exact) mass is 462 g/mol. The minimum absolute atomic E-state index is 0.252. The molecule has 0 radical (unpaired) electrons. The predicted molar refractivity (Wildman–Crippen MR) is 123 cm³/mol. The lowest BCUT2D eigenvalue weighted by atomic mass is 10.2. The van der Waals surface area contributed by atoms with Gasteiger partial charge in [0.05, 0.1) is 12.3 Å². The van der Waals surface area contributed by atoms with Crippen molar-refractivity contribution in [3.63, 3.8) is 0 Å². The fourth-order valence-corrected chi connectivity index (χ4v) is 3.44. The summed E-state index contributed by atoms with van der Waals surface area (Å²) in [5.41, 5.74) is 2.47. The first-order valence-electron chi connectivity index (χ1n) is 9.61. The molecule has 0 unspecified atom stereocenters. The molecule has 0 aliphatic rings. The Hall–Kier alpha value is -1.92. The molecule has 6 heteroatoms. The van der Waals surface area contributed by atoms with Gasteiger partial charge in [-0.1, -0.05) is 38.7 Å². The number of aryl methyl sites for hydroxylation is 1.